The molecule has 140 valence electrons. The first-order valence-corrected chi connectivity index (χ1v) is 8.59. The first kappa shape index (κ1) is 19.6. The normalized spacial score (nSPS) is 14.5. The molecule has 1 fully saturated rings. The highest BCUT2D eigenvalue weighted by Gasteiger charge is 2.33. The van der Waals surface area contributed by atoms with Gasteiger partial charge in [-0.2, -0.15) is 0 Å². The molecule has 1 N–H and O–H groups in total. The molecule has 0 bridgehead atoms. The van der Waals surface area contributed by atoms with E-state index in [0.717, 1.165) is 16.0 Å². The van der Waals surface area contributed by atoms with Crippen molar-refractivity contribution in [3.05, 3.63) is 35.4 Å². The standard InChI is InChI=1S/C19H24N2O5/c1-19(2,3)26-18(25)20-12-14-6-4-13(5-7-14)8-9-15(22)21-16(23)10-11-17(21)24/h4-7H,8-12H2,1-3H3,(H,20,25). The number of alkyl carbamates (subject to hydrolysis) is 1. The van der Waals surface area contributed by atoms with Crippen LogP contribution in [0.4, 0.5) is 4.79 Å². The molecule has 1 aromatic carbocycles. The highest BCUT2D eigenvalue weighted by Crippen LogP contribution is 2.15. The zero-order valence-electron chi connectivity index (χ0n) is 15.3. The molecule has 0 saturated carbocycles. The molecule has 0 aliphatic carbocycles. The summed E-state index contributed by atoms with van der Waals surface area (Å²) in [6.45, 7) is 5.73. The minimum Gasteiger partial charge on any atom is -0.444 e. The summed E-state index contributed by atoms with van der Waals surface area (Å²) >= 11 is 0. The number of carbonyl (C=O) groups excluding carboxylic acids is 4. The minimum absolute atomic E-state index is 0.104. The number of nitrogens with zero attached hydrogens (tertiary/aromatic N) is 1. The molecule has 7 nitrogen and oxygen atoms in total. The first-order chi connectivity index (χ1) is 12.2. The van der Waals surface area contributed by atoms with E-state index in [2.05, 4.69) is 5.32 Å². The summed E-state index contributed by atoms with van der Waals surface area (Å²) in [5, 5.41) is 2.68. The lowest BCUT2D eigenvalue weighted by Crippen LogP contribution is -2.35. The van der Waals surface area contributed by atoms with E-state index >= 15 is 0 Å². The minimum atomic E-state index is -0.543. The summed E-state index contributed by atoms with van der Waals surface area (Å²) in [6.07, 6.45) is 0.295. The summed E-state index contributed by atoms with van der Waals surface area (Å²) in [4.78, 5) is 47.5. The number of hydrogen-bond acceptors (Lipinski definition) is 5. The molecule has 0 unspecified atom stereocenters. The summed E-state index contributed by atoms with van der Waals surface area (Å²) in [5.74, 6) is -1.28. The van der Waals surface area contributed by atoms with Crippen LogP contribution < -0.4 is 5.32 Å². The molecule has 1 aliphatic rings. The molecule has 1 saturated heterocycles. The van der Waals surface area contributed by atoms with E-state index in [1.165, 1.54) is 0 Å². The third-order valence-electron chi connectivity index (χ3n) is 3.79. The second-order valence-corrected chi connectivity index (χ2v) is 7.19. The van der Waals surface area contributed by atoms with Crippen LogP contribution in [0, 0.1) is 0 Å². The monoisotopic (exact) mass is 360 g/mol. The van der Waals surface area contributed by atoms with E-state index in [0.29, 0.717) is 13.0 Å². The maximum absolute atomic E-state index is 12.0. The predicted octanol–water partition coefficient (Wildman–Crippen LogP) is 2.32. The number of imide groups is 3. The van der Waals surface area contributed by atoms with Crippen molar-refractivity contribution in [2.24, 2.45) is 0 Å². The van der Waals surface area contributed by atoms with E-state index in [1.807, 2.05) is 24.3 Å². The molecule has 0 atom stereocenters. The Morgan fingerprint density at radius 1 is 1.04 bits per heavy atom. The molecule has 4 amide bonds. The van der Waals surface area contributed by atoms with E-state index in [1.54, 1.807) is 20.8 Å². The number of likely N-dealkylation sites (tertiary alicyclic amines) is 1. The van der Waals surface area contributed by atoms with Crippen LogP contribution in [0.3, 0.4) is 0 Å². The molecule has 0 aromatic heterocycles. The number of rotatable bonds is 5. The predicted molar refractivity (Wildman–Crippen MR) is 93.9 cm³/mol. The number of amides is 4. The Labute approximate surface area is 152 Å². The summed E-state index contributed by atoms with van der Waals surface area (Å²) in [6, 6.07) is 7.41. The Hall–Kier alpha value is -2.70. The fourth-order valence-electron chi connectivity index (χ4n) is 2.53. The van der Waals surface area contributed by atoms with Gasteiger partial charge in [0.15, 0.2) is 0 Å². The molecule has 26 heavy (non-hydrogen) atoms. The van der Waals surface area contributed by atoms with Gasteiger partial charge in [0.1, 0.15) is 5.60 Å². The van der Waals surface area contributed by atoms with Crippen molar-refractivity contribution >= 4 is 23.8 Å². The van der Waals surface area contributed by atoms with Crippen molar-refractivity contribution < 1.29 is 23.9 Å². The Morgan fingerprint density at radius 2 is 1.58 bits per heavy atom. The molecule has 2 rings (SSSR count). The molecular weight excluding hydrogens is 336 g/mol. The highest BCUT2D eigenvalue weighted by molar-refractivity contribution is 6.15. The van der Waals surface area contributed by atoms with Crippen molar-refractivity contribution in [2.75, 3.05) is 0 Å². The topological polar surface area (TPSA) is 92.8 Å². The number of nitrogens with one attached hydrogen (secondary N) is 1. The Morgan fingerprint density at radius 3 is 2.12 bits per heavy atom. The molecule has 1 aliphatic heterocycles. The molecule has 1 aromatic rings. The first-order valence-electron chi connectivity index (χ1n) is 8.59. The summed E-state index contributed by atoms with van der Waals surface area (Å²) in [7, 11) is 0. The van der Waals surface area contributed by atoms with Gasteiger partial charge < -0.3 is 10.1 Å². The SMILES string of the molecule is CC(C)(C)OC(=O)NCc1ccc(CCC(=O)N2C(=O)CCC2=O)cc1. The van der Waals surface area contributed by atoms with E-state index in [-0.39, 0.29) is 19.3 Å². The van der Waals surface area contributed by atoms with Gasteiger partial charge in [0.05, 0.1) is 0 Å². The number of carbonyl (C=O) groups is 4. The van der Waals surface area contributed by atoms with Gasteiger partial charge in [-0.05, 0) is 38.3 Å². The van der Waals surface area contributed by atoms with Crippen molar-refractivity contribution in [1.29, 1.82) is 0 Å². The summed E-state index contributed by atoms with van der Waals surface area (Å²) < 4.78 is 5.17. The van der Waals surface area contributed by atoms with Gasteiger partial charge in [-0.1, -0.05) is 24.3 Å². The second-order valence-electron chi connectivity index (χ2n) is 7.19. The summed E-state index contributed by atoms with van der Waals surface area (Å²) in [5.41, 5.74) is 1.27. The average molecular weight is 360 g/mol. The van der Waals surface area contributed by atoms with Crippen LogP contribution in [-0.4, -0.2) is 34.3 Å². The zero-order valence-corrected chi connectivity index (χ0v) is 15.3. The molecule has 7 heteroatoms. The van der Waals surface area contributed by atoms with E-state index in [9.17, 15) is 19.2 Å². The van der Waals surface area contributed by atoms with Crippen molar-refractivity contribution in [3.63, 3.8) is 0 Å². The van der Waals surface area contributed by atoms with Crippen LogP contribution in [0.2, 0.25) is 0 Å². The number of hydrogen-bond donors (Lipinski definition) is 1. The third kappa shape index (κ3) is 5.68. The Bertz CT molecular complexity index is 688. The van der Waals surface area contributed by atoms with E-state index in [4.69, 9.17) is 4.74 Å². The average Bonchev–Trinajstić information content (AvgIpc) is 2.89. The van der Waals surface area contributed by atoms with E-state index < -0.39 is 29.4 Å². The third-order valence-corrected chi connectivity index (χ3v) is 3.79. The lowest BCUT2D eigenvalue weighted by molar-refractivity contribution is -0.149. The van der Waals surface area contributed by atoms with Crippen LogP contribution in [0.15, 0.2) is 24.3 Å². The zero-order chi connectivity index (χ0) is 19.3. The quantitative estimate of drug-likeness (QED) is 0.814. The molecule has 1 heterocycles. The van der Waals surface area contributed by atoms with Crippen LogP contribution >= 0.6 is 0 Å². The van der Waals surface area contributed by atoms with Gasteiger partial charge in [-0.3, -0.25) is 14.4 Å². The lowest BCUT2D eigenvalue weighted by Gasteiger charge is -2.19. The lowest BCUT2D eigenvalue weighted by atomic mass is 10.1. The number of benzene rings is 1. The van der Waals surface area contributed by atoms with Gasteiger partial charge in [0, 0.05) is 25.8 Å². The molecule has 0 spiro atoms. The van der Waals surface area contributed by atoms with Gasteiger partial charge >= 0.3 is 6.09 Å². The van der Waals surface area contributed by atoms with Gasteiger partial charge in [0.25, 0.3) is 0 Å². The second kappa shape index (κ2) is 8.12. The van der Waals surface area contributed by atoms with Crippen LogP contribution in [0.5, 0.6) is 0 Å². The fraction of sp³-hybridized carbons (Fsp3) is 0.474. The number of ether oxygens (including phenoxy) is 1. The van der Waals surface area contributed by atoms with Crippen molar-refractivity contribution in [1.82, 2.24) is 10.2 Å². The molecule has 0 radical (unpaired) electrons. The highest BCUT2D eigenvalue weighted by atomic mass is 16.6. The van der Waals surface area contributed by atoms with Gasteiger partial charge in [0.2, 0.25) is 17.7 Å². The van der Waals surface area contributed by atoms with Crippen molar-refractivity contribution in [3.8, 4) is 0 Å². The van der Waals surface area contributed by atoms with Crippen molar-refractivity contribution in [2.45, 2.75) is 58.6 Å². The molecular formula is C19H24N2O5. The van der Waals surface area contributed by atoms with Gasteiger partial charge in [-0.25, -0.2) is 9.69 Å². The maximum Gasteiger partial charge on any atom is 0.407 e. The van der Waals surface area contributed by atoms with Gasteiger partial charge in [-0.15, -0.1) is 0 Å². The maximum atomic E-state index is 12.0. The van der Waals surface area contributed by atoms with Crippen LogP contribution in [0.25, 0.3) is 0 Å². The smallest absolute Gasteiger partial charge is 0.407 e. The largest absolute Gasteiger partial charge is 0.444 e. The number of aryl methyl sites for hydroxylation is 1. The van der Waals surface area contributed by atoms with Crippen LogP contribution in [0.1, 0.15) is 51.2 Å². The Balaban J connectivity index is 1.80. The van der Waals surface area contributed by atoms with Crippen LogP contribution in [-0.2, 0) is 32.1 Å². The Kier molecular flexibility index (Phi) is 6.13. The fourth-order valence-corrected chi connectivity index (χ4v) is 2.53.